The monoisotopic (exact) mass is 328 g/mol. The molecule has 0 aromatic rings. The maximum Gasteiger partial charge on any atom is 0.226 e. The molecule has 3 fully saturated rings. The molecule has 2 saturated heterocycles. The molecule has 1 aliphatic carbocycles. The average molecular weight is 329 g/mol. The highest BCUT2D eigenvalue weighted by molar-refractivity contribution is 5.85. The second-order valence-electron chi connectivity index (χ2n) is 8.02. The Hall–Kier alpha value is -0.280. The first-order chi connectivity index (χ1) is 10.1. The molecule has 1 amide bonds. The first-order valence-corrected chi connectivity index (χ1v) is 9.13. The average Bonchev–Trinajstić information content (AvgIpc) is 3.18. The number of likely N-dealkylation sites (tertiary alicyclic amines) is 1. The van der Waals surface area contributed by atoms with E-state index in [-0.39, 0.29) is 12.4 Å². The van der Waals surface area contributed by atoms with Crippen molar-refractivity contribution in [2.45, 2.75) is 71.3 Å². The Balaban J connectivity index is 0.00000176. The Labute approximate surface area is 142 Å². The van der Waals surface area contributed by atoms with Gasteiger partial charge in [0.25, 0.3) is 0 Å². The van der Waals surface area contributed by atoms with Gasteiger partial charge in [0.2, 0.25) is 5.91 Å². The molecule has 3 rings (SSSR count). The standard InChI is InChI=1S/C18H32N2O.ClH/c1-14(2)6-7-15-5-3-4-12-20(15)17(21)16-13-18(16)8-10-19-11-9-18;/h14-16,19H,3-13H2,1-2H3;1H. The van der Waals surface area contributed by atoms with E-state index >= 15 is 0 Å². The van der Waals surface area contributed by atoms with Crippen molar-refractivity contribution < 1.29 is 4.79 Å². The largest absolute Gasteiger partial charge is 0.339 e. The molecule has 2 atom stereocenters. The summed E-state index contributed by atoms with van der Waals surface area (Å²) in [4.78, 5) is 15.3. The van der Waals surface area contributed by atoms with Crippen LogP contribution in [0.15, 0.2) is 0 Å². The van der Waals surface area contributed by atoms with Gasteiger partial charge < -0.3 is 10.2 Å². The second kappa shape index (κ2) is 7.53. The normalized spacial score (nSPS) is 30.2. The molecule has 0 bridgehead atoms. The van der Waals surface area contributed by atoms with Crippen LogP contribution in [-0.4, -0.2) is 36.5 Å². The van der Waals surface area contributed by atoms with Gasteiger partial charge in [-0.2, -0.15) is 0 Å². The van der Waals surface area contributed by atoms with E-state index in [0.29, 0.717) is 23.3 Å². The number of nitrogens with one attached hydrogen (secondary N) is 1. The van der Waals surface area contributed by atoms with Crippen molar-refractivity contribution in [3.05, 3.63) is 0 Å². The Bertz CT molecular complexity index is 379. The fourth-order valence-corrected chi connectivity index (χ4v) is 4.49. The van der Waals surface area contributed by atoms with Gasteiger partial charge in [-0.15, -0.1) is 12.4 Å². The Morgan fingerprint density at radius 3 is 2.68 bits per heavy atom. The van der Waals surface area contributed by atoms with Crippen LogP contribution >= 0.6 is 12.4 Å². The lowest BCUT2D eigenvalue weighted by atomic mass is 9.90. The van der Waals surface area contributed by atoms with Crippen LogP contribution in [0.25, 0.3) is 0 Å². The summed E-state index contributed by atoms with van der Waals surface area (Å²) in [7, 11) is 0. The van der Waals surface area contributed by atoms with Crippen LogP contribution in [0.1, 0.15) is 65.2 Å². The minimum absolute atomic E-state index is 0. The number of carbonyl (C=O) groups excluding carboxylic acids is 1. The molecule has 2 aliphatic heterocycles. The van der Waals surface area contributed by atoms with E-state index in [9.17, 15) is 4.79 Å². The number of amides is 1. The summed E-state index contributed by atoms with van der Waals surface area (Å²) < 4.78 is 0. The number of hydrogen-bond acceptors (Lipinski definition) is 2. The van der Waals surface area contributed by atoms with Crippen molar-refractivity contribution in [2.24, 2.45) is 17.3 Å². The van der Waals surface area contributed by atoms with Gasteiger partial charge in [0.05, 0.1) is 0 Å². The van der Waals surface area contributed by atoms with Crippen LogP contribution in [0, 0.1) is 17.3 Å². The zero-order chi connectivity index (χ0) is 14.9. The van der Waals surface area contributed by atoms with Gasteiger partial charge in [-0.3, -0.25) is 4.79 Å². The summed E-state index contributed by atoms with van der Waals surface area (Å²) in [5.74, 6) is 1.62. The summed E-state index contributed by atoms with van der Waals surface area (Å²) in [6.07, 6.45) is 9.83. The minimum Gasteiger partial charge on any atom is -0.339 e. The highest BCUT2D eigenvalue weighted by Crippen LogP contribution is 2.59. The van der Waals surface area contributed by atoms with E-state index in [1.54, 1.807) is 0 Å². The molecule has 1 spiro atoms. The third-order valence-electron chi connectivity index (χ3n) is 6.07. The zero-order valence-corrected chi connectivity index (χ0v) is 15.1. The molecule has 0 radical (unpaired) electrons. The van der Waals surface area contributed by atoms with Gasteiger partial charge in [0.15, 0.2) is 0 Å². The van der Waals surface area contributed by atoms with E-state index in [1.807, 2.05) is 0 Å². The summed E-state index contributed by atoms with van der Waals surface area (Å²) in [6.45, 7) is 7.83. The summed E-state index contributed by atoms with van der Waals surface area (Å²) in [5.41, 5.74) is 0.391. The van der Waals surface area contributed by atoms with Gasteiger partial charge in [0, 0.05) is 18.5 Å². The third kappa shape index (κ3) is 3.79. The molecule has 1 N–H and O–H groups in total. The number of nitrogens with zero attached hydrogens (tertiary/aromatic N) is 1. The number of piperidine rings is 2. The van der Waals surface area contributed by atoms with Crippen molar-refractivity contribution in [1.82, 2.24) is 10.2 Å². The van der Waals surface area contributed by atoms with E-state index in [4.69, 9.17) is 0 Å². The third-order valence-corrected chi connectivity index (χ3v) is 6.07. The van der Waals surface area contributed by atoms with Crippen LogP contribution in [-0.2, 0) is 4.79 Å². The summed E-state index contributed by atoms with van der Waals surface area (Å²) >= 11 is 0. The predicted molar refractivity (Wildman–Crippen MR) is 93.3 cm³/mol. The summed E-state index contributed by atoms with van der Waals surface area (Å²) in [6, 6.07) is 0.535. The number of hydrogen-bond donors (Lipinski definition) is 1. The summed E-state index contributed by atoms with van der Waals surface area (Å²) in [5, 5.41) is 3.44. The molecule has 128 valence electrons. The molecule has 0 aromatic heterocycles. The van der Waals surface area contributed by atoms with Gasteiger partial charge in [-0.25, -0.2) is 0 Å². The Morgan fingerprint density at radius 1 is 1.27 bits per heavy atom. The van der Waals surface area contributed by atoms with Crippen LogP contribution in [0.5, 0.6) is 0 Å². The topological polar surface area (TPSA) is 32.3 Å². The number of rotatable bonds is 4. The van der Waals surface area contributed by atoms with E-state index in [1.165, 1.54) is 51.4 Å². The van der Waals surface area contributed by atoms with E-state index in [0.717, 1.165) is 25.6 Å². The first kappa shape index (κ1) is 18.1. The number of halogens is 1. The lowest BCUT2D eigenvalue weighted by Gasteiger charge is -2.37. The lowest BCUT2D eigenvalue weighted by molar-refractivity contribution is -0.137. The fourth-order valence-electron chi connectivity index (χ4n) is 4.49. The highest BCUT2D eigenvalue weighted by Gasteiger charge is 2.58. The zero-order valence-electron chi connectivity index (χ0n) is 14.3. The van der Waals surface area contributed by atoms with Crippen molar-refractivity contribution in [1.29, 1.82) is 0 Å². The van der Waals surface area contributed by atoms with Gasteiger partial charge in [-0.1, -0.05) is 13.8 Å². The SMILES string of the molecule is CC(C)CCC1CCCCN1C(=O)C1CC12CCNCC2.Cl. The highest BCUT2D eigenvalue weighted by atomic mass is 35.5. The fraction of sp³-hybridized carbons (Fsp3) is 0.944. The molecular weight excluding hydrogens is 296 g/mol. The maximum absolute atomic E-state index is 13.0. The van der Waals surface area contributed by atoms with E-state index < -0.39 is 0 Å². The Kier molecular flexibility index (Phi) is 6.18. The molecule has 2 unspecified atom stereocenters. The Morgan fingerprint density at radius 2 is 2.00 bits per heavy atom. The van der Waals surface area contributed by atoms with Gasteiger partial charge in [-0.05, 0) is 75.8 Å². The molecular formula is C18H33ClN2O. The molecule has 0 aromatic carbocycles. The van der Waals surface area contributed by atoms with Crippen molar-refractivity contribution >= 4 is 18.3 Å². The van der Waals surface area contributed by atoms with Crippen LogP contribution in [0.4, 0.5) is 0 Å². The van der Waals surface area contributed by atoms with E-state index in [2.05, 4.69) is 24.1 Å². The van der Waals surface area contributed by atoms with Crippen LogP contribution in [0.2, 0.25) is 0 Å². The molecule has 2 heterocycles. The minimum atomic E-state index is 0. The smallest absolute Gasteiger partial charge is 0.226 e. The number of carbonyl (C=O) groups is 1. The molecule has 1 saturated carbocycles. The lowest BCUT2D eigenvalue weighted by Crippen LogP contribution is -2.45. The quantitative estimate of drug-likeness (QED) is 0.855. The second-order valence-corrected chi connectivity index (χ2v) is 8.02. The molecule has 22 heavy (non-hydrogen) atoms. The van der Waals surface area contributed by atoms with Gasteiger partial charge in [0.1, 0.15) is 0 Å². The first-order valence-electron chi connectivity index (χ1n) is 9.13. The predicted octanol–water partition coefficient (Wildman–Crippen LogP) is 3.62. The van der Waals surface area contributed by atoms with Gasteiger partial charge >= 0.3 is 0 Å². The van der Waals surface area contributed by atoms with Crippen molar-refractivity contribution in [3.8, 4) is 0 Å². The van der Waals surface area contributed by atoms with Crippen molar-refractivity contribution in [3.63, 3.8) is 0 Å². The molecule has 3 nitrogen and oxygen atoms in total. The van der Waals surface area contributed by atoms with Crippen molar-refractivity contribution in [2.75, 3.05) is 19.6 Å². The van der Waals surface area contributed by atoms with Crippen LogP contribution in [0.3, 0.4) is 0 Å². The maximum atomic E-state index is 13.0. The molecule has 3 aliphatic rings. The molecule has 4 heteroatoms. The van der Waals surface area contributed by atoms with Crippen LogP contribution < -0.4 is 5.32 Å².